The maximum atomic E-state index is 11.4. The Labute approximate surface area is 82.3 Å². The second kappa shape index (κ2) is 3.88. The number of carbonyl (C=O) groups excluding carboxylic acids is 1. The number of aromatic nitrogens is 3. The van der Waals surface area contributed by atoms with Crippen LogP contribution < -0.4 is 5.73 Å². The molecule has 0 radical (unpaired) electrons. The van der Waals surface area contributed by atoms with Crippen LogP contribution in [0.15, 0.2) is 6.20 Å². The third-order valence-electron chi connectivity index (χ3n) is 2.34. The lowest BCUT2D eigenvalue weighted by Gasteiger charge is -1.94. The van der Waals surface area contributed by atoms with E-state index in [4.69, 9.17) is 5.73 Å². The van der Waals surface area contributed by atoms with Crippen LogP contribution in [0.3, 0.4) is 0 Å². The zero-order chi connectivity index (χ0) is 9.97. The maximum absolute atomic E-state index is 11.4. The Balaban J connectivity index is 1.97. The molecule has 0 aliphatic heterocycles. The number of nitrogens with zero attached hydrogens (tertiary/aromatic N) is 3. The van der Waals surface area contributed by atoms with E-state index >= 15 is 0 Å². The van der Waals surface area contributed by atoms with E-state index in [0.717, 1.165) is 12.5 Å². The first-order valence-electron chi connectivity index (χ1n) is 4.93. The molecule has 0 amide bonds. The van der Waals surface area contributed by atoms with Gasteiger partial charge in [-0.25, -0.2) is 0 Å². The normalized spacial score (nSPS) is 15.8. The van der Waals surface area contributed by atoms with Crippen molar-refractivity contribution in [1.82, 2.24) is 15.0 Å². The molecular formula is C9H14N4O. The van der Waals surface area contributed by atoms with E-state index in [1.54, 1.807) is 10.9 Å². The van der Waals surface area contributed by atoms with Gasteiger partial charge >= 0.3 is 0 Å². The van der Waals surface area contributed by atoms with Gasteiger partial charge in [0.25, 0.3) is 0 Å². The molecule has 1 aromatic rings. The molecule has 0 unspecified atom stereocenters. The summed E-state index contributed by atoms with van der Waals surface area (Å²) in [4.78, 5) is 11.4. The van der Waals surface area contributed by atoms with Gasteiger partial charge in [-0.15, -0.1) is 5.10 Å². The van der Waals surface area contributed by atoms with E-state index in [1.165, 1.54) is 12.8 Å². The molecule has 0 atom stereocenters. The van der Waals surface area contributed by atoms with Gasteiger partial charge in [-0.3, -0.25) is 9.48 Å². The molecule has 5 heteroatoms. The molecule has 1 aromatic heterocycles. The minimum Gasteiger partial charge on any atom is -0.330 e. The van der Waals surface area contributed by atoms with Gasteiger partial charge in [0.1, 0.15) is 5.69 Å². The minimum absolute atomic E-state index is 0.0189. The standard InChI is InChI=1S/C9H14N4O/c10-4-3-9(14)8-6-13(12-11-8)5-7-1-2-7/h6-7H,1-5,10H2. The van der Waals surface area contributed by atoms with Gasteiger partial charge in [0.05, 0.1) is 6.20 Å². The predicted molar refractivity (Wildman–Crippen MR) is 50.7 cm³/mol. The van der Waals surface area contributed by atoms with Crippen LogP contribution in [0.4, 0.5) is 0 Å². The number of Topliss-reactive ketones (excluding diaryl/α,β-unsaturated/α-hetero) is 1. The molecule has 1 heterocycles. The van der Waals surface area contributed by atoms with Gasteiger partial charge < -0.3 is 5.73 Å². The molecule has 0 spiro atoms. The number of hydrogen-bond acceptors (Lipinski definition) is 4. The van der Waals surface area contributed by atoms with Crippen molar-refractivity contribution in [3.63, 3.8) is 0 Å². The van der Waals surface area contributed by atoms with E-state index in [0.29, 0.717) is 18.7 Å². The summed E-state index contributed by atoms with van der Waals surface area (Å²) in [5, 5.41) is 7.73. The quantitative estimate of drug-likeness (QED) is 0.680. The number of nitrogens with two attached hydrogens (primary N) is 1. The molecule has 14 heavy (non-hydrogen) atoms. The van der Waals surface area contributed by atoms with E-state index in [-0.39, 0.29) is 5.78 Å². The van der Waals surface area contributed by atoms with Gasteiger partial charge in [-0.05, 0) is 25.3 Å². The fourth-order valence-electron chi connectivity index (χ4n) is 1.34. The summed E-state index contributed by atoms with van der Waals surface area (Å²) < 4.78 is 1.75. The first kappa shape index (κ1) is 9.33. The summed E-state index contributed by atoms with van der Waals surface area (Å²) in [6, 6.07) is 0. The van der Waals surface area contributed by atoms with Gasteiger partial charge in [-0.1, -0.05) is 5.21 Å². The van der Waals surface area contributed by atoms with Crippen molar-refractivity contribution in [2.24, 2.45) is 11.7 Å². The number of rotatable bonds is 5. The highest BCUT2D eigenvalue weighted by Crippen LogP contribution is 2.30. The SMILES string of the molecule is NCCC(=O)c1cn(CC2CC2)nn1. The van der Waals surface area contributed by atoms with Gasteiger partial charge in [0.15, 0.2) is 5.78 Å². The first-order valence-corrected chi connectivity index (χ1v) is 4.93. The van der Waals surface area contributed by atoms with Crippen molar-refractivity contribution in [2.75, 3.05) is 6.54 Å². The van der Waals surface area contributed by atoms with Crippen LogP contribution in [-0.2, 0) is 6.54 Å². The van der Waals surface area contributed by atoms with Crippen molar-refractivity contribution in [3.8, 4) is 0 Å². The first-order chi connectivity index (χ1) is 6.79. The fraction of sp³-hybridized carbons (Fsp3) is 0.667. The Morgan fingerprint density at radius 3 is 3.07 bits per heavy atom. The molecule has 0 saturated heterocycles. The van der Waals surface area contributed by atoms with Gasteiger partial charge in [0.2, 0.25) is 0 Å². The van der Waals surface area contributed by atoms with Crippen LogP contribution in [-0.4, -0.2) is 27.3 Å². The maximum Gasteiger partial charge on any atom is 0.185 e. The zero-order valence-corrected chi connectivity index (χ0v) is 8.02. The van der Waals surface area contributed by atoms with Crippen LogP contribution in [0.1, 0.15) is 29.8 Å². The number of ketones is 1. The van der Waals surface area contributed by atoms with Crippen LogP contribution in [0.2, 0.25) is 0 Å². The fourth-order valence-corrected chi connectivity index (χ4v) is 1.34. The monoisotopic (exact) mass is 194 g/mol. The van der Waals surface area contributed by atoms with Crippen LogP contribution >= 0.6 is 0 Å². The van der Waals surface area contributed by atoms with Crippen molar-refractivity contribution < 1.29 is 4.79 Å². The van der Waals surface area contributed by atoms with Crippen molar-refractivity contribution >= 4 is 5.78 Å². The molecule has 5 nitrogen and oxygen atoms in total. The molecule has 2 rings (SSSR count). The second-order valence-corrected chi connectivity index (χ2v) is 3.73. The summed E-state index contributed by atoms with van der Waals surface area (Å²) in [5.74, 6) is 0.726. The molecular weight excluding hydrogens is 180 g/mol. The third-order valence-corrected chi connectivity index (χ3v) is 2.34. The largest absolute Gasteiger partial charge is 0.330 e. The molecule has 1 aliphatic carbocycles. The lowest BCUT2D eigenvalue weighted by Crippen LogP contribution is -2.08. The van der Waals surface area contributed by atoms with Crippen LogP contribution in [0.25, 0.3) is 0 Å². The molecule has 0 bridgehead atoms. The van der Waals surface area contributed by atoms with Crippen molar-refractivity contribution in [3.05, 3.63) is 11.9 Å². The van der Waals surface area contributed by atoms with E-state index in [2.05, 4.69) is 10.3 Å². The third kappa shape index (κ3) is 2.17. The molecule has 1 aliphatic rings. The lowest BCUT2D eigenvalue weighted by molar-refractivity contribution is 0.0980. The summed E-state index contributed by atoms with van der Waals surface area (Å²) >= 11 is 0. The topological polar surface area (TPSA) is 73.8 Å². The van der Waals surface area contributed by atoms with E-state index < -0.39 is 0 Å². The van der Waals surface area contributed by atoms with Crippen LogP contribution in [0.5, 0.6) is 0 Å². The molecule has 76 valence electrons. The highest BCUT2D eigenvalue weighted by atomic mass is 16.1. The molecule has 1 fully saturated rings. The highest BCUT2D eigenvalue weighted by molar-refractivity contribution is 5.93. The lowest BCUT2D eigenvalue weighted by atomic mass is 10.2. The van der Waals surface area contributed by atoms with E-state index in [9.17, 15) is 4.79 Å². The average Bonchev–Trinajstić information content (AvgIpc) is 2.82. The Kier molecular flexibility index (Phi) is 2.58. The summed E-state index contributed by atoms with van der Waals surface area (Å²) in [6.07, 6.45) is 4.61. The Bertz CT molecular complexity index is 329. The predicted octanol–water partition coefficient (Wildman–Crippen LogP) is 0.220. The molecule has 2 N–H and O–H groups in total. The summed E-state index contributed by atoms with van der Waals surface area (Å²) in [5.41, 5.74) is 5.73. The minimum atomic E-state index is -0.0189. The highest BCUT2D eigenvalue weighted by Gasteiger charge is 2.22. The smallest absolute Gasteiger partial charge is 0.185 e. The number of carbonyl (C=O) groups is 1. The van der Waals surface area contributed by atoms with Crippen molar-refractivity contribution in [1.29, 1.82) is 0 Å². The van der Waals surface area contributed by atoms with Crippen molar-refractivity contribution in [2.45, 2.75) is 25.8 Å². The Morgan fingerprint density at radius 1 is 1.64 bits per heavy atom. The second-order valence-electron chi connectivity index (χ2n) is 3.73. The number of hydrogen-bond donors (Lipinski definition) is 1. The van der Waals surface area contributed by atoms with Gasteiger partial charge in [0, 0.05) is 13.0 Å². The van der Waals surface area contributed by atoms with Crippen LogP contribution in [0, 0.1) is 5.92 Å². The van der Waals surface area contributed by atoms with Gasteiger partial charge in [-0.2, -0.15) is 0 Å². The zero-order valence-electron chi connectivity index (χ0n) is 8.02. The molecule has 1 saturated carbocycles. The van der Waals surface area contributed by atoms with E-state index in [1.807, 2.05) is 0 Å². The average molecular weight is 194 g/mol. The Hall–Kier alpha value is -1.23. The summed E-state index contributed by atoms with van der Waals surface area (Å²) in [6.45, 7) is 1.26. The summed E-state index contributed by atoms with van der Waals surface area (Å²) in [7, 11) is 0. The Morgan fingerprint density at radius 2 is 2.43 bits per heavy atom. The molecule has 0 aromatic carbocycles.